The quantitative estimate of drug-likeness (QED) is 0.383. The molecule has 0 heterocycles. The zero-order valence-corrected chi connectivity index (χ0v) is 3.98. The first-order chi connectivity index (χ1) is 3.34. The molecule has 1 aliphatic carbocycles. The van der Waals surface area contributed by atoms with Crippen LogP contribution >= 0.6 is 0 Å². The van der Waals surface area contributed by atoms with Crippen LogP contribution in [0.1, 0.15) is 6.42 Å². The number of hydrogen-bond donors (Lipinski definition) is 1. The lowest BCUT2D eigenvalue weighted by molar-refractivity contribution is -0.109. The van der Waals surface area contributed by atoms with Crippen LogP contribution < -0.4 is 5.32 Å². The van der Waals surface area contributed by atoms with Gasteiger partial charge in [-0.25, -0.2) is 0 Å². The molecule has 0 aliphatic heterocycles. The molecule has 0 spiro atoms. The van der Waals surface area contributed by atoms with Crippen LogP contribution in [0.15, 0.2) is 12.2 Å². The summed E-state index contributed by atoms with van der Waals surface area (Å²) < 4.78 is 0. The van der Waals surface area contributed by atoms with Gasteiger partial charge in [-0.15, -0.1) is 0 Å². The lowest BCUT2D eigenvalue weighted by Gasteiger charge is -1.83. The van der Waals surface area contributed by atoms with Gasteiger partial charge in [-0.05, 0) is 6.42 Å². The maximum atomic E-state index is 9.65. The summed E-state index contributed by atoms with van der Waals surface area (Å²) in [4.78, 5) is 9.65. The van der Waals surface area contributed by atoms with Gasteiger partial charge in [0, 0.05) is 0 Å². The molecule has 2 nitrogen and oxygen atoms in total. The van der Waals surface area contributed by atoms with Crippen molar-refractivity contribution in [2.24, 2.45) is 0 Å². The van der Waals surface area contributed by atoms with E-state index in [1.807, 2.05) is 0 Å². The minimum Gasteiger partial charge on any atom is -0.352 e. The Bertz CT molecular complexity index is 109. The van der Waals surface area contributed by atoms with Gasteiger partial charge < -0.3 is 5.32 Å². The molecule has 1 atom stereocenters. The molecule has 1 saturated carbocycles. The van der Waals surface area contributed by atoms with Crippen LogP contribution in [0.25, 0.3) is 0 Å². The second-order valence-electron chi connectivity index (χ2n) is 1.70. The maximum absolute atomic E-state index is 9.65. The molecular weight excluding hydrogens is 90.1 g/mol. The molecule has 0 saturated heterocycles. The fourth-order valence-electron chi connectivity index (χ4n) is 0.462. The lowest BCUT2D eigenvalue weighted by atomic mass is 10.6. The molecule has 0 radical (unpaired) electrons. The van der Waals surface area contributed by atoms with E-state index in [9.17, 15) is 4.79 Å². The summed E-state index contributed by atoms with van der Waals surface area (Å²) in [5.41, 5.74) is 1.13. The number of carbonyl (C=O) groups excluding carboxylic acids is 1. The van der Waals surface area contributed by atoms with Gasteiger partial charge in [-0.1, -0.05) is 12.2 Å². The molecule has 1 rings (SSSR count). The second kappa shape index (κ2) is 1.37. The van der Waals surface area contributed by atoms with Crippen LogP contribution in [0.2, 0.25) is 0 Å². The highest BCUT2D eigenvalue weighted by Gasteiger charge is 2.25. The smallest absolute Gasteiger partial charge is 0.207 e. The molecule has 0 aromatic rings. The Hall–Kier alpha value is -0.790. The summed E-state index contributed by atoms with van der Waals surface area (Å²) >= 11 is 0. The van der Waals surface area contributed by atoms with E-state index in [0.29, 0.717) is 12.5 Å². The fourth-order valence-corrected chi connectivity index (χ4v) is 0.462. The van der Waals surface area contributed by atoms with Crippen molar-refractivity contribution in [2.75, 3.05) is 0 Å². The number of amides is 1. The topological polar surface area (TPSA) is 29.1 Å². The first-order valence-corrected chi connectivity index (χ1v) is 2.22. The first kappa shape index (κ1) is 4.37. The normalized spacial score (nSPS) is 26.9. The standard InChI is InChI=1S/C5H7NO/c1-4-2-5(4)6-3-7/h3,5H,1-2H2,(H,6,7). The van der Waals surface area contributed by atoms with Crippen molar-refractivity contribution in [3.05, 3.63) is 12.2 Å². The molecule has 7 heavy (non-hydrogen) atoms. The zero-order valence-electron chi connectivity index (χ0n) is 3.98. The predicted molar refractivity (Wildman–Crippen MR) is 26.7 cm³/mol. The van der Waals surface area contributed by atoms with Gasteiger partial charge >= 0.3 is 0 Å². The van der Waals surface area contributed by atoms with E-state index in [-0.39, 0.29) is 0 Å². The minimum atomic E-state index is 0.303. The molecule has 1 aliphatic rings. The summed E-state index contributed by atoms with van der Waals surface area (Å²) in [5, 5.41) is 2.59. The molecule has 1 unspecified atom stereocenters. The van der Waals surface area contributed by atoms with Crippen LogP contribution in [-0.4, -0.2) is 12.5 Å². The van der Waals surface area contributed by atoms with Gasteiger partial charge in [0.05, 0.1) is 6.04 Å². The maximum Gasteiger partial charge on any atom is 0.207 e. The lowest BCUT2D eigenvalue weighted by Crippen LogP contribution is -2.12. The van der Waals surface area contributed by atoms with E-state index in [2.05, 4.69) is 11.9 Å². The van der Waals surface area contributed by atoms with Crippen LogP contribution in [0.4, 0.5) is 0 Å². The van der Waals surface area contributed by atoms with Crippen molar-refractivity contribution in [3.63, 3.8) is 0 Å². The van der Waals surface area contributed by atoms with E-state index >= 15 is 0 Å². The first-order valence-electron chi connectivity index (χ1n) is 2.22. The van der Waals surface area contributed by atoms with Crippen LogP contribution in [-0.2, 0) is 4.79 Å². The highest BCUT2D eigenvalue weighted by atomic mass is 16.1. The third kappa shape index (κ3) is 0.796. The molecule has 1 N–H and O–H groups in total. The Kier molecular flexibility index (Phi) is 0.855. The van der Waals surface area contributed by atoms with Crippen molar-refractivity contribution in [1.82, 2.24) is 5.32 Å². The highest BCUT2D eigenvalue weighted by Crippen LogP contribution is 2.25. The SMILES string of the molecule is C=C1CC1NC=O. The number of nitrogens with one attached hydrogen (secondary N) is 1. The van der Waals surface area contributed by atoms with Gasteiger partial charge in [0.2, 0.25) is 6.41 Å². The van der Waals surface area contributed by atoms with E-state index in [0.717, 1.165) is 12.0 Å². The second-order valence-corrected chi connectivity index (χ2v) is 1.70. The minimum absolute atomic E-state index is 0.303. The number of rotatable bonds is 2. The van der Waals surface area contributed by atoms with Crippen molar-refractivity contribution in [2.45, 2.75) is 12.5 Å². The van der Waals surface area contributed by atoms with Crippen LogP contribution in [0.5, 0.6) is 0 Å². The van der Waals surface area contributed by atoms with Crippen molar-refractivity contribution >= 4 is 6.41 Å². The molecule has 1 fully saturated rings. The predicted octanol–water partition coefficient (Wildman–Crippen LogP) is 0.0609. The van der Waals surface area contributed by atoms with E-state index in [1.54, 1.807) is 0 Å². The third-order valence-corrected chi connectivity index (χ3v) is 1.07. The summed E-state index contributed by atoms with van der Waals surface area (Å²) in [5.74, 6) is 0. The Morgan fingerprint density at radius 3 is 2.71 bits per heavy atom. The summed E-state index contributed by atoms with van der Waals surface area (Å²) in [6.45, 7) is 3.65. The van der Waals surface area contributed by atoms with Gasteiger partial charge in [0.1, 0.15) is 0 Å². The Morgan fingerprint density at radius 2 is 2.57 bits per heavy atom. The van der Waals surface area contributed by atoms with E-state index < -0.39 is 0 Å². The largest absolute Gasteiger partial charge is 0.352 e. The molecule has 0 bridgehead atoms. The Balaban J connectivity index is 2.20. The van der Waals surface area contributed by atoms with Crippen molar-refractivity contribution < 1.29 is 4.79 Å². The molecule has 0 aromatic heterocycles. The molecular formula is C5H7NO. The van der Waals surface area contributed by atoms with Gasteiger partial charge in [0.25, 0.3) is 0 Å². The van der Waals surface area contributed by atoms with Crippen LogP contribution in [0, 0.1) is 0 Å². The number of carbonyl (C=O) groups is 1. The van der Waals surface area contributed by atoms with Gasteiger partial charge in [0.15, 0.2) is 0 Å². The van der Waals surface area contributed by atoms with Gasteiger partial charge in [-0.3, -0.25) is 4.79 Å². The monoisotopic (exact) mass is 97.1 g/mol. The summed E-state index contributed by atoms with van der Waals surface area (Å²) in [6.07, 6.45) is 1.68. The van der Waals surface area contributed by atoms with E-state index in [1.165, 1.54) is 0 Å². The highest BCUT2D eigenvalue weighted by molar-refractivity contribution is 5.50. The van der Waals surface area contributed by atoms with Gasteiger partial charge in [-0.2, -0.15) is 0 Å². The summed E-state index contributed by atoms with van der Waals surface area (Å²) in [7, 11) is 0. The Labute approximate surface area is 42.2 Å². The Morgan fingerprint density at radius 1 is 2.00 bits per heavy atom. The molecule has 0 aromatic carbocycles. The van der Waals surface area contributed by atoms with Crippen molar-refractivity contribution in [1.29, 1.82) is 0 Å². The summed E-state index contributed by atoms with van der Waals surface area (Å²) in [6, 6.07) is 0.303. The van der Waals surface area contributed by atoms with Crippen molar-refractivity contribution in [3.8, 4) is 0 Å². The average molecular weight is 97.1 g/mol. The molecule has 38 valence electrons. The number of hydrogen-bond acceptors (Lipinski definition) is 1. The molecule has 2 heteroatoms. The van der Waals surface area contributed by atoms with E-state index in [4.69, 9.17) is 0 Å². The third-order valence-electron chi connectivity index (χ3n) is 1.07. The fraction of sp³-hybridized carbons (Fsp3) is 0.400. The zero-order chi connectivity index (χ0) is 5.28. The molecule has 1 amide bonds. The van der Waals surface area contributed by atoms with Crippen LogP contribution in [0.3, 0.4) is 0 Å². The average Bonchev–Trinajstić information content (AvgIpc) is 2.22.